The van der Waals surface area contributed by atoms with E-state index < -0.39 is 24.9 Å². The maximum Gasteiger partial charge on any atom is 0.475 e. The number of para-hydroxylation sites is 1. The zero-order chi connectivity index (χ0) is 20.7. The molecule has 1 aromatic carbocycles. The summed E-state index contributed by atoms with van der Waals surface area (Å²) in [5.41, 5.74) is 6.07. The van der Waals surface area contributed by atoms with Gasteiger partial charge in [0.15, 0.2) is 0 Å². The summed E-state index contributed by atoms with van der Waals surface area (Å²) >= 11 is 0. The average Bonchev–Trinajstić information content (AvgIpc) is 2.62. The number of carbonyl (C=O) groups is 3. The molecule has 6 N–H and O–H groups in total. The van der Waals surface area contributed by atoms with Crippen LogP contribution in [0, 0.1) is 0 Å². The lowest BCUT2D eigenvalue weighted by Crippen LogP contribution is -2.48. The molecule has 1 aromatic heterocycles. The molecule has 10 nitrogen and oxygen atoms in total. The molecule has 1 unspecified atom stereocenters. The van der Waals surface area contributed by atoms with Gasteiger partial charge in [-0.05, 0) is 35.7 Å². The zero-order valence-corrected chi connectivity index (χ0v) is 14.6. The van der Waals surface area contributed by atoms with E-state index >= 15 is 0 Å². The van der Waals surface area contributed by atoms with Crippen molar-refractivity contribution in [2.45, 2.75) is 18.8 Å². The lowest BCUT2D eigenvalue weighted by molar-refractivity contribution is -0.121. The van der Waals surface area contributed by atoms with Crippen molar-refractivity contribution in [1.29, 1.82) is 0 Å². The number of pyridine rings is 1. The average molecular weight is 387 g/mol. The molecular formula is C17H18BN3O7. The summed E-state index contributed by atoms with van der Waals surface area (Å²) in [6.07, 6.45) is 1.17. The number of nitrogens with zero attached hydrogens (tertiary/aromatic N) is 1. The molecule has 11 heteroatoms. The van der Waals surface area contributed by atoms with Crippen LogP contribution in [0.2, 0.25) is 0 Å². The SMILES string of the molecule is Nc1cc(CC(=O)NC(Cc2cccc(C(=O)O)c2OC=O)B(O)O)ccn1. The molecule has 2 rings (SSSR count). The summed E-state index contributed by atoms with van der Waals surface area (Å²) in [7, 11) is -1.94. The van der Waals surface area contributed by atoms with Crippen LogP contribution < -0.4 is 15.8 Å². The Morgan fingerprint density at radius 1 is 1.32 bits per heavy atom. The number of anilines is 1. The van der Waals surface area contributed by atoms with E-state index in [4.69, 9.17) is 10.5 Å². The molecule has 0 spiro atoms. The third-order valence-electron chi connectivity index (χ3n) is 3.85. The first-order valence-corrected chi connectivity index (χ1v) is 8.13. The molecule has 0 saturated carbocycles. The van der Waals surface area contributed by atoms with Crippen molar-refractivity contribution in [3.8, 4) is 5.75 Å². The standard InChI is InChI=1S/C17H18BN3O7/c19-14-6-10(4-5-20-14)7-15(23)21-13(18(26)27)8-11-2-1-3-12(17(24)25)16(11)28-9-22/h1-6,9,13,26-27H,7-8H2,(H2,19,20)(H,21,23)(H,24,25). The van der Waals surface area contributed by atoms with Gasteiger partial charge >= 0.3 is 13.1 Å². The lowest BCUT2D eigenvalue weighted by Gasteiger charge is -2.19. The van der Waals surface area contributed by atoms with Crippen molar-refractivity contribution in [2.75, 3.05) is 5.73 Å². The van der Waals surface area contributed by atoms with Crippen LogP contribution in [0.4, 0.5) is 5.82 Å². The molecule has 1 heterocycles. The number of ether oxygens (including phenoxy) is 1. The molecule has 146 valence electrons. The van der Waals surface area contributed by atoms with Gasteiger partial charge in [0, 0.05) is 6.20 Å². The molecule has 28 heavy (non-hydrogen) atoms. The molecule has 0 saturated heterocycles. The highest BCUT2D eigenvalue weighted by molar-refractivity contribution is 6.43. The molecule has 0 aliphatic carbocycles. The number of amides is 1. The summed E-state index contributed by atoms with van der Waals surface area (Å²) in [6, 6.07) is 7.21. The van der Waals surface area contributed by atoms with Gasteiger partial charge in [-0.1, -0.05) is 12.1 Å². The van der Waals surface area contributed by atoms with E-state index in [0.717, 1.165) is 0 Å². The Hall–Kier alpha value is -3.44. The second-order valence-corrected chi connectivity index (χ2v) is 5.87. The Bertz CT molecular complexity index is 876. The Morgan fingerprint density at radius 3 is 2.68 bits per heavy atom. The number of hydrogen-bond donors (Lipinski definition) is 5. The van der Waals surface area contributed by atoms with Gasteiger partial charge in [0.1, 0.15) is 17.1 Å². The molecule has 0 aliphatic rings. The number of nitrogens with one attached hydrogen (secondary N) is 1. The maximum atomic E-state index is 12.2. The smallest absolute Gasteiger partial charge is 0.475 e. The molecule has 0 radical (unpaired) electrons. The van der Waals surface area contributed by atoms with Gasteiger partial charge in [-0.3, -0.25) is 9.59 Å². The van der Waals surface area contributed by atoms with Crippen molar-refractivity contribution in [3.05, 3.63) is 53.2 Å². The van der Waals surface area contributed by atoms with Gasteiger partial charge in [-0.2, -0.15) is 0 Å². The minimum Gasteiger partial charge on any atom is -0.478 e. The minimum atomic E-state index is -1.94. The summed E-state index contributed by atoms with van der Waals surface area (Å²) in [5, 5.41) is 30.9. The molecule has 2 aromatic rings. The second kappa shape index (κ2) is 9.49. The Balaban J connectivity index is 2.19. The van der Waals surface area contributed by atoms with Crippen LogP contribution >= 0.6 is 0 Å². The number of nitrogen functional groups attached to an aromatic ring is 1. The van der Waals surface area contributed by atoms with Crippen molar-refractivity contribution in [3.63, 3.8) is 0 Å². The number of carbonyl (C=O) groups excluding carboxylic acids is 2. The van der Waals surface area contributed by atoms with Gasteiger partial charge in [-0.25, -0.2) is 9.78 Å². The third-order valence-corrected chi connectivity index (χ3v) is 3.85. The predicted molar refractivity (Wildman–Crippen MR) is 98.3 cm³/mol. The predicted octanol–water partition coefficient (Wildman–Crippen LogP) is -0.821. The Labute approximate surface area is 160 Å². The normalized spacial score (nSPS) is 11.4. The Morgan fingerprint density at radius 2 is 2.07 bits per heavy atom. The zero-order valence-electron chi connectivity index (χ0n) is 14.6. The molecule has 1 atom stereocenters. The lowest BCUT2D eigenvalue weighted by atomic mass is 9.75. The van der Waals surface area contributed by atoms with E-state index in [0.29, 0.717) is 5.56 Å². The van der Waals surface area contributed by atoms with E-state index in [1.165, 1.54) is 30.5 Å². The van der Waals surface area contributed by atoms with Crippen molar-refractivity contribution >= 4 is 31.3 Å². The van der Waals surface area contributed by atoms with Crippen LogP contribution in [0.15, 0.2) is 36.5 Å². The van der Waals surface area contributed by atoms with Gasteiger partial charge < -0.3 is 30.9 Å². The molecule has 0 fully saturated rings. The van der Waals surface area contributed by atoms with Crippen molar-refractivity contribution in [1.82, 2.24) is 10.3 Å². The van der Waals surface area contributed by atoms with Crippen molar-refractivity contribution in [2.24, 2.45) is 0 Å². The fourth-order valence-electron chi connectivity index (χ4n) is 2.62. The second-order valence-electron chi connectivity index (χ2n) is 5.87. The third kappa shape index (κ3) is 5.53. The summed E-state index contributed by atoms with van der Waals surface area (Å²) in [4.78, 5) is 38.1. The number of nitrogens with two attached hydrogens (primary N) is 1. The first-order chi connectivity index (χ1) is 13.3. The topological polar surface area (TPSA) is 172 Å². The van der Waals surface area contributed by atoms with E-state index in [2.05, 4.69) is 10.3 Å². The quantitative estimate of drug-likeness (QED) is 0.272. The number of rotatable bonds is 9. The summed E-state index contributed by atoms with van der Waals surface area (Å²) < 4.78 is 4.77. The molecule has 0 bridgehead atoms. The monoisotopic (exact) mass is 387 g/mol. The van der Waals surface area contributed by atoms with Gasteiger partial charge in [-0.15, -0.1) is 0 Å². The highest BCUT2D eigenvalue weighted by Gasteiger charge is 2.28. The number of carboxylic acid groups (broad SMARTS) is 1. The highest BCUT2D eigenvalue weighted by Crippen LogP contribution is 2.25. The van der Waals surface area contributed by atoms with Crippen LogP contribution in [0.5, 0.6) is 5.75 Å². The van der Waals surface area contributed by atoms with E-state index in [9.17, 15) is 29.5 Å². The largest absolute Gasteiger partial charge is 0.478 e. The Kier molecular flexibility index (Phi) is 7.07. The maximum absolute atomic E-state index is 12.2. The van der Waals surface area contributed by atoms with Crippen molar-refractivity contribution < 1.29 is 34.3 Å². The molecule has 1 amide bonds. The first kappa shape index (κ1) is 20.9. The minimum absolute atomic E-state index is 0.0715. The number of aromatic nitrogens is 1. The van der Waals surface area contributed by atoms with Crippen LogP contribution in [-0.4, -0.2) is 51.5 Å². The summed E-state index contributed by atoms with van der Waals surface area (Å²) in [6.45, 7) is 0.0715. The number of hydrogen-bond acceptors (Lipinski definition) is 8. The van der Waals surface area contributed by atoms with E-state index in [-0.39, 0.29) is 42.0 Å². The van der Waals surface area contributed by atoms with Crippen LogP contribution in [-0.2, 0) is 22.4 Å². The fraction of sp³-hybridized carbons (Fsp3) is 0.176. The summed E-state index contributed by atoms with van der Waals surface area (Å²) in [5.74, 6) is -3.00. The number of benzene rings is 1. The van der Waals surface area contributed by atoms with Gasteiger partial charge in [0.25, 0.3) is 6.47 Å². The fourth-order valence-corrected chi connectivity index (χ4v) is 2.62. The van der Waals surface area contributed by atoms with Gasteiger partial charge in [0.2, 0.25) is 5.91 Å². The van der Waals surface area contributed by atoms with Crippen LogP contribution in [0.3, 0.4) is 0 Å². The number of aromatic carboxylic acids is 1. The first-order valence-electron chi connectivity index (χ1n) is 8.13. The molecular weight excluding hydrogens is 369 g/mol. The van der Waals surface area contributed by atoms with Crippen LogP contribution in [0.1, 0.15) is 21.5 Å². The van der Waals surface area contributed by atoms with Gasteiger partial charge in [0.05, 0.1) is 12.4 Å². The number of carboxylic acids is 1. The van der Waals surface area contributed by atoms with Crippen LogP contribution in [0.25, 0.3) is 0 Å². The molecule has 0 aliphatic heterocycles. The van der Waals surface area contributed by atoms with E-state index in [1.54, 1.807) is 6.07 Å². The highest BCUT2D eigenvalue weighted by atomic mass is 16.5. The van der Waals surface area contributed by atoms with E-state index in [1.807, 2.05) is 0 Å².